The normalized spacial score (nSPS) is 16.7. The number of hydrogen-bond acceptors (Lipinski definition) is 3. The maximum Gasteiger partial charge on any atom is 0.324 e. The monoisotopic (exact) mass is 543 g/mol. The van der Waals surface area contributed by atoms with Gasteiger partial charge in [-0.25, -0.2) is 4.39 Å². The molecule has 0 bridgehead atoms. The zero-order valence-corrected chi connectivity index (χ0v) is 19.0. The Bertz CT molecular complexity index is 1060. The van der Waals surface area contributed by atoms with E-state index in [9.17, 15) is 27.9 Å². The van der Waals surface area contributed by atoms with Crippen molar-refractivity contribution in [2.45, 2.75) is 24.2 Å². The molecule has 31 heavy (non-hydrogen) atoms. The fourth-order valence-electron chi connectivity index (χ4n) is 3.58. The first kappa shape index (κ1) is 23.5. The first-order chi connectivity index (χ1) is 14.5. The molecule has 164 valence electrons. The summed E-state index contributed by atoms with van der Waals surface area (Å²) in [6.07, 6.45) is 3.26. The number of amides is 1. The van der Waals surface area contributed by atoms with E-state index >= 15 is 0 Å². The van der Waals surface area contributed by atoms with Crippen LogP contribution in [0.1, 0.15) is 39.5 Å². The van der Waals surface area contributed by atoms with Gasteiger partial charge in [-0.3, -0.25) is 9.59 Å². The molecule has 0 heterocycles. The number of nitrogens with one attached hydrogen (secondary N) is 1. The van der Waals surface area contributed by atoms with E-state index in [4.69, 9.17) is 0 Å². The average molecular weight is 543 g/mol. The minimum absolute atomic E-state index is 0.121. The lowest BCUT2D eigenvalue weighted by molar-refractivity contribution is -0.115. The molecule has 1 unspecified atom stereocenters. The van der Waals surface area contributed by atoms with Gasteiger partial charge in [0.05, 0.1) is 17.7 Å². The quantitative estimate of drug-likeness (QED) is 0.387. The van der Waals surface area contributed by atoms with Crippen molar-refractivity contribution < 1.29 is 27.9 Å². The molecule has 2 atom stereocenters. The first-order valence-electron chi connectivity index (χ1n) is 9.65. The van der Waals surface area contributed by atoms with E-state index in [1.807, 2.05) is 0 Å². The third kappa shape index (κ3) is 5.01. The van der Waals surface area contributed by atoms with E-state index in [0.717, 1.165) is 40.3 Å². The van der Waals surface area contributed by atoms with Gasteiger partial charge < -0.3 is 10.4 Å². The topological polar surface area (TPSA) is 66.4 Å². The molecule has 0 saturated heterocycles. The molecule has 0 aromatic heterocycles. The van der Waals surface area contributed by atoms with Gasteiger partial charge in [0.1, 0.15) is 5.82 Å². The van der Waals surface area contributed by atoms with Gasteiger partial charge in [0.2, 0.25) is 5.91 Å². The molecule has 1 amide bonds. The molecular weight excluding hydrogens is 522 g/mol. The van der Waals surface area contributed by atoms with Crippen molar-refractivity contribution in [1.82, 2.24) is 0 Å². The van der Waals surface area contributed by atoms with Crippen LogP contribution in [-0.4, -0.2) is 23.4 Å². The second-order valence-electron chi connectivity index (χ2n) is 7.66. The number of allylic oxidation sites excluding steroid dienone is 1. The number of aliphatic hydroxyl groups excluding tert-OH is 1. The number of carbonyl (C=O) groups excluding carboxylic acids is 2. The second-order valence-corrected chi connectivity index (χ2v) is 9.02. The number of rotatable bonds is 6. The van der Waals surface area contributed by atoms with E-state index in [1.54, 1.807) is 38.1 Å². The Balaban J connectivity index is 1.83. The molecule has 0 fully saturated rings. The zero-order chi connectivity index (χ0) is 22.9. The summed E-state index contributed by atoms with van der Waals surface area (Å²) in [7, 11) is 0. The summed E-state index contributed by atoms with van der Waals surface area (Å²) in [5.41, 5.74) is 1.76. The van der Waals surface area contributed by atoms with Gasteiger partial charge in [0, 0.05) is 46.2 Å². The lowest BCUT2D eigenvalue weighted by Gasteiger charge is -2.25. The molecule has 8 heteroatoms. The number of Topliss-reactive ketones (excluding diaryl/α,β-unsaturated/α-hetero) is 1. The number of fused-ring (bicyclic) bond motifs is 1. The number of carbonyl (C=O) groups is 2. The zero-order valence-electron chi connectivity index (χ0n) is 16.9. The van der Waals surface area contributed by atoms with E-state index in [1.165, 1.54) is 6.07 Å². The van der Waals surface area contributed by atoms with E-state index in [-0.39, 0.29) is 30.3 Å². The Labute approximate surface area is 191 Å². The van der Waals surface area contributed by atoms with Crippen molar-refractivity contribution in [1.29, 1.82) is 0 Å². The van der Waals surface area contributed by atoms with Crippen LogP contribution < -0.4 is 5.32 Å². The predicted molar refractivity (Wildman–Crippen MR) is 121 cm³/mol. The molecule has 2 aromatic rings. The molecule has 4 nitrogen and oxygen atoms in total. The van der Waals surface area contributed by atoms with Gasteiger partial charge in [-0.05, 0) is 36.1 Å². The Morgan fingerprint density at radius 1 is 1.29 bits per heavy atom. The molecule has 2 aromatic carbocycles. The standard InChI is InChI=1S/C23H21F3INO3/c1-12-3-5-17-16(7-6-15(22(17)31)13(2)11-29)21(12)28-20(30)10-14-4-8-18(19(24)9-14)23(25,26)27/h3-9,13,15,29H,10-11H2,1-2H3,(H,28,30)/t13-,15?/m1/s1. The molecule has 1 aliphatic carbocycles. The third-order valence-electron chi connectivity index (χ3n) is 5.36. The van der Waals surface area contributed by atoms with Crippen LogP contribution >= 0.6 is 22.6 Å². The van der Waals surface area contributed by atoms with E-state index in [0.29, 0.717) is 16.8 Å². The van der Waals surface area contributed by atoms with Crippen LogP contribution in [0.15, 0.2) is 36.4 Å². The van der Waals surface area contributed by atoms with Crippen molar-refractivity contribution >= 4 is 46.0 Å². The lowest BCUT2D eigenvalue weighted by atomic mass is 9.80. The van der Waals surface area contributed by atoms with Gasteiger partial charge >= 0.3 is 3.93 Å². The molecular formula is C23H21F3INO3. The summed E-state index contributed by atoms with van der Waals surface area (Å²) in [4.78, 5) is 25.4. The van der Waals surface area contributed by atoms with Gasteiger partial charge in [-0.15, -0.1) is 0 Å². The van der Waals surface area contributed by atoms with Crippen molar-refractivity contribution in [3.05, 3.63) is 70.0 Å². The van der Waals surface area contributed by atoms with E-state index in [2.05, 4.69) is 5.32 Å². The number of ketones is 1. The molecule has 2 N–H and O–H groups in total. The fraction of sp³-hybridized carbons (Fsp3) is 0.304. The van der Waals surface area contributed by atoms with Crippen LogP contribution in [-0.2, 0) is 15.1 Å². The number of alkyl halides is 3. The second kappa shape index (κ2) is 9.12. The fourth-order valence-corrected chi connectivity index (χ4v) is 4.02. The number of aryl methyl sites for hydroxylation is 1. The largest absolute Gasteiger partial charge is 0.396 e. The Kier molecular flexibility index (Phi) is 6.90. The van der Waals surface area contributed by atoms with Gasteiger partial charge in [-0.1, -0.05) is 37.3 Å². The number of aliphatic hydroxyl groups is 1. The van der Waals surface area contributed by atoms with Crippen LogP contribution in [0.25, 0.3) is 6.08 Å². The Hall–Kier alpha value is -2.20. The molecule has 0 aliphatic heterocycles. The maximum absolute atomic E-state index is 14.0. The van der Waals surface area contributed by atoms with Crippen LogP contribution in [0.2, 0.25) is 0 Å². The molecule has 0 radical (unpaired) electrons. The van der Waals surface area contributed by atoms with Crippen molar-refractivity contribution in [3.63, 3.8) is 0 Å². The number of hydrogen-bond donors (Lipinski definition) is 2. The summed E-state index contributed by atoms with van der Waals surface area (Å²) in [6.45, 7) is 3.45. The maximum atomic E-state index is 14.0. The summed E-state index contributed by atoms with van der Waals surface area (Å²) in [5.74, 6) is -2.34. The summed E-state index contributed by atoms with van der Waals surface area (Å²) in [5, 5.41) is 12.1. The third-order valence-corrected chi connectivity index (χ3v) is 5.94. The highest BCUT2D eigenvalue weighted by molar-refractivity contribution is 14.1. The highest BCUT2D eigenvalue weighted by atomic mass is 127. The summed E-state index contributed by atoms with van der Waals surface area (Å²) in [6, 6.07) is 6.62. The van der Waals surface area contributed by atoms with Crippen LogP contribution in [0.3, 0.4) is 0 Å². The van der Waals surface area contributed by atoms with Crippen molar-refractivity contribution in [2.75, 3.05) is 11.9 Å². The molecule has 3 rings (SSSR count). The Morgan fingerprint density at radius 3 is 2.61 bits per heavy atom. The number of anilines is 1. The van der Waals surface area contributed by atoms with Crippen molar-refractivity contribution in [3.8, 4) is 0 Å². The minimum atomic E-state index is -3.34. The SMILES string of the molecule is Cc1ccc2c(c1NC(=O)Cc1ccc(C(F)(F)I)c(F)c1)C=CC([C@H](C)CO)C2=O. The minimum Gasteiger partial charge on any atom is -0.396 e. The predicted octanol–water partition coefficient (Wildman–Crippen LogP) is 5.25. The lowest BCUT2D eigenvalue weighted by Crippen LogP contribution is -2.26. The highest BCUT2D eigenvalue weighted by Crippen LogP contribution is 2.37. The molecule has 0 spiro atoms. The van der Waals surface area contributed by atoms with Crippen molar-refractivity contribution in [2.24, 2.45) is 11.8 Å². The van der Waals surface area contributed by atoms with Gasteiger partial charge in [0.15, 0.2) is 5.78 Å². The van der Waals surface area contributed by atoms with Crippen LogP contribution in [0.5, 0.6) is 0 Å². The smallest absolute Gasteiger partial charge is 0.324 e. The van der Waals surface area contributed by atoms with Gasteiger partial charge in [0.25, 0.3) is 0 Å². The van der Waals surface area contributed by atoms with Crippen LogP contribution in [0.4, 0.5) is 18.9 Å². The summed E-state index contributed by atoms with van der Waals surface area (Å²) < 4.78 is 37.4. The number of benzene rings is 2. The highest BCUT2D eigenvalue weighted by Gasteiger charge is 2.31. The molecule has 0 saturated carbocycles. The van der Waals surface area contributed by atoms with Crippen LogP contribution in [0, 0.1) is 24.6 Å². The Morgan fingerprint density at radius 2 is 2.00 bits per heavy atom. The van der Waals surface area contributed by atoms with E-state index < -0.39 is 27.1 Å². The molecule has 1 aliphatic rings. The first-order valence-corrected chi connectivity index (χ1v) is 10.7. The van der Waals surface area contributed by atoms with Gasteiger partial charge in [-0.2, -0.15) is 8.78 Å². The number of halogens is 4. The summed E-state index contributed by atoms with van der Waals surface area (Å²) >= 11 is 0.853. The average Bonchev–Trinajstić information content (AvgIpc) is 2.69.